The monoisotopic (exact) mass is 1080 g/mol. The van der Waals surface area contributed by atoms with Crippen LogP contribution >= 0.6 is 11.6 Å². The highest BCUT2D eigenvalue weighted by Gasteiger charge is 2.29. The third-order valence-electron chi connectivity index (χ3n) is 8.67. The Hall–Kier alpha value is -6.28. The van der Waals surface area contributed by atoms with Gasteiger partial charge in [-0.15, -0.1) is 15.3 Å². The van der Waals surface area contributed by atoms with Crippen LogP contribution in [-0.2, 0) is 64.9 Å². The number of nitrogens with two attached hydrogens (primary N) is 1. The molecule has 6 rings (SSSR count). The largest absolute Gasteiger partial charge is 0.505 e. The Morgan fingerprint density at radius 1 is 0.632 bits per heavy atom. The van der Waals surface area contributed by atoms with Crippen LogP contribution in [0.15, 0.2) is 129 Å². The molecule has 28 nitrogen and oxygen atoms in total. The highest BCUT2D eigenvalue weighted by Crippen LogP contribution is 2.48. The van der Waals surface area contributed by atoms with Gasteiger partial charge >= 0.3 is 10.4 Å². The van der Waals surface area contributed by atoms with Gasteiger partial charge in [-0.05, 0) is 89.8 Å². The van der Waals surface area contributed by atoms with Gasteiger partial charge in [0.15, 0.2) is 15.6 Å². The van der Waals surface area contributed by atoms with Crippen molar-refractivity contribution in [1.82, 2.24) is 15.0 Å². The maximum atomic E-state index is 12.8. The number of benzene rings is 5. The first-order chi connectivity index (χ1) is 31.3. The minimum atomic E-state index is -5.44. The standard InChI is InChI=1S/C33H26ClN9O19S6/c34-32-37-31(38-33(39-32)36-19-2-1-3-21(15-19)63(45,46)11-10-62-68(59,60)61)16-4-9-23(65(50,51)52)22(12-16)41-42-28-24(66(53,54)55)13-17-14-25(67(56,57)58)29(30(44)26(17)27(28)35)43-40-18-5-7-20(8-6-18)64(47,48)49/h1-9,12-15,44H,10-11,35H2,(H,47,48,49)(H,50,51,52)(H,53,54,55)(H,56,57,58)(H,59,60,61)(H,36,37,38,39). The third kappa shape index (κ3) is 12.1. The average Bonchev–Trinajstić information content (AvgIpc) is 3.20. The molecule has 0 spiro atoms. The zero-order valence-corrected chi connectivity index (χ0v) is 38.6. The molecule has 1 heterocycles. The summed E-state index contributed by atoms with van der Waals surface area (Å²) in [4.78, 5) is 10.4. The first-order valence-corrected chi connectivity index (χ1v) is 26.7. The summed E-state index contributed by atoms with van der Waals surface area (Å²) in [6.07, 6.45) is 0. The average molecular weight is 1080 g/mol. The maximum Gasteiger partial charge on any atom is 0.397 e. The van der Waals surface area contributed by atoms with Crippen molar-refractivity contribution in [3.8, 4) is 17.1 Å². The summed E-state index contributed by atoms with van der Waals surface area (Å²) in [6, 6.07) is 12.4. The molecule has 0 atom stereocenters. The van der Waals surface area contributed by atoms with E-state index in [0.717, 1.165) is 54.6 Å². The van der Waals surface area contributed by atoms with Crippen LogP contribution in [0.4, 0.5) is 34.1 Å². The predicted octanol–water partition coefficient (Wildman–Crippen LogP) is 4.21. The quantitative estimate of drug-likeness (QED) is 0.0405. The second-order valence-corrected chi connectivity index (χ2v) is 22.4. The summed E-state index contributed by atoms with van der Waals surface area (Å²) < 4.78 is 198. The van der Waals surface area contributed by atoms with E-state index in [-0.39, 0.29) is 33.3 Å². The van der Waals surface area contributed by atoms with E-state index in [1.807, 2.05) is 0 Å². The number of aromatic amines is 1. The summed E-state index contributed by atoms with van der Waals surface area (Å²) in [5.41, 5.74) is 1.76. The number of hydrogen-bond donors (Lipinski definition) is 8. The number of aromatic nitrogens is 3. The Morgan fingerprint density at radius 2 is 1.24 bits per heavy atom. The van der Waals surface area contributed by atoms with Crippen molar-refractivity contribution in [2.24, 2.45) is 25.4 Å². The summed E-state index contributed by atoms with van der Waals surface area (Å²) in [5.74, 6) is -2.33. The van der Waals surface area contributed by atoms with Crippen LogP contribution < -0.4 is 11.4 Å². The lowest BCUT2D eigenvalue weighted by molar-refractivity contribution is 0.284. The molecular weight excluding hydrogens is 1050 g/mol. The van der Waals surface area contributed by atoms with Crippen LogP contribution in [0.1, 0.15) is 0 Å². The molecule has 0 bridgehead atoms. The summed E-state index contributed by atoms with van der Waals surface area (Å²) >= 11 is 6.14. The molecule has 0 saturated carbocycles. The molecule has 0 fully saturated rings. The number of hydrogen-bond acceptors (Lipinski definition) is 22. The van der Waals surface area contributed by atoms with Gasteiger partial charge in [0, 0.05) is 5.56 Å². The lowest BCUT2D eigenvalue weighted by atomic mass is 10.1. The minimum absolute atomic E-state index is 0.0685. The lowest BCUT2D eigenvalue weighted by Gasteiger charge is -2.14. The smallest absolute Gasteiger partial charge is 0.397 e. The molecule has 0 aliphatic heterocycles. The molecule has 5 aromatic carbocycles. The van der Waals surface area contributed by atoms with Crippen molar-refractivity contribution in [1.29, 1.82) is 0 Å². The number of azo groups is 2. The molecule has 0 aliphatic carbocycles. The highest BCUT2D eigenvalue weighted by atomic mass is 35.5. The first-order valence-electron chi connectivity index (χ1n) is 17.6. The van der Waals surface area contributed by atoms with E-state index in [4.69, 9.17) is 21.9 Å². The molecule has 35 heteroatoms. The molecule has 9 N–H and O–H groups in total. The number of halogens is 1. The van der Waals surface area contributed by atoms with Crippen LogP contribution in [-0.4, -0.2) is 106 Å². The van der Waals surface area contributed by atoms with Crippen molar-refractivity contribution in [3.05, 3.63) is 89.8 Å². The zero-order valence-electron chi connectivity index (χ0n) is 32.9. The second kappa shape index (κ2) is 18.7. The molecule has 1 aromatic heterocycles. The van der Waals surface area contributed by atoms with Gasteiger partial charge in [-0.3, -0.25) is 22.8 Å². The highest BCUT2D eigenvalue weighted by molar-refractivity contribution is 7.91. The number of sulfone groups is 1. The number of nitrogens with one attached hydrogen (secondary N) is 1. The molecule has 0 amide bonds. The molecule has 0 unspecified atom stereocenters. The van der Waals surface area contributed by atoms with Gasteiger partial charge < -0.3 is 15.8 Å². The number of phenolic OH excluding ortho intramolecular Hbond substituents is 1. The second-order valence-electron chi connectivity index (χ2n) is 13.3. The van der Waals surface area contributed by atoms with Crippen LogP contribution in [0.2, 0.25) is 5.28 Å². The van der Waals surface area contributed by atoms with Crippen LogP contribution in [0.25, 0.3) is 22.2 Å². The molecule has 360 valence electrons. The van der Waals surface area contributed by atoms with E-state index in [9.17, 15) is 73.8 Å². The number of anilines is 1. The number of nitrogen functional groups attached to an aromatic ring is 1. The third-order valence-corrected chi connectivity index (χ3v) is 14.5. The number of aromatic hydroxyl groups is 1. The van der Waals surface area contributed by atoms with Crippen molar-refractivity contribution in [2.45, 2.75) is 24.5 Å². The van der Waals surface area contributed by atoms with Gasteiger partial charge in [0.05, 0.1) is 44.6 Å². The predicted molar refractivity (Wildman–Crippen MR) is 232 cm³/mol. The van der Waals surface area contributed by atoms with Gasteiger partial charge in [-0.1, -0.05) is 6.07 Å². The Kier molecular flexibility index (Phi) is 14.0. The van der Waals surface area contributed by atoms with Gasteiger partial charge in [-0.2, -0.15) is 57.2 Å². The fourth-order valence-electron chi connectivity index (χ4n) is 5.75. The van der Waals surface area contributed by atoms with Gasteiger partial charge in [0.25, 0.3) is 40.5 Å². The SMILES string of the molecule is Nc1c(N=Nc2cc(-c3nc(Cl)nc(=Nc4cccc(S(=O)(=O)CCOS(=O)(=O)O)c4)[nH]3)ccc2S(=O)(=O)O)c(S(=O)(=O)O)cc2cc(S(=O)(=O)O)c(N=Nc3ccc(S(=O)(=O)O)cc3)c(O)c12. The number of phenols is 1. The lowest BCUT2D eigenvalue weighted by Crippen LogP contribution is -2.16. The van der Waals surface area contributed by atoms with E-state index < -0.39 is 137 Å². The van der Waals surface area contributed by atoms with E-state index in [1.54, 1.807) is 0 Å². The first kappa shape index (κ1) is 51.1. The van der Waals surface area contributed by atoms with E-state index >= 15 is 0 Å². The van der Waals surface area contributed by atoms with E-state index in [0.29, 0.717) is 12.1 Å². The number of fused-ring (bicyclic) bond motifs is 1. The zero-order chi connectivity index (χ0) is 50.4. The van der Waals surface area contributed by atoms with Gasteiger partial charge in [-0.25, -0.2) is 17.6 Å². The van der Waals surface area contributed by atoms with Crippen molar-refractivity contribution < 1.29 is 82.6 Å². The Bertz CT molecular complexity index is 3910. The summed E-state index contributed by atoms with van der Waals surface area (Å²) in [6.45, 7) is -0.917. The van der Waals surface area contributed by atoms with Crippen molar-refractivity contribution in [2.75, 3.05) is 18.1 Å². The maximum absolute atomic E-state index is 12.8. The van der Waals surface area contributed by atoms with Gasteiger partial charge in [0.1, 0.15) is 37.6 Å². The summed E-state index contributed by atoms with van der Waals surface area (Å²) in [7, 11) is -29.8. The molecular formula is C33H26ClN9O19S6. The normalized spacial score (nSPS) is 13.5. The minimum Gasteiger partial charge on any atom is -0.505 e. The number of H-pyrrole nitrogens is 1. The fourth-order valence-corrected chi connectivity index (χ4v) is 9.85. The molecule has 0 radical (unpaired) electrons. The molecule has 68 heavy (non-hydrogen) atoms. The number of nitrogens with zero attached hydrogens (tertiary/aromatic N) is 7. The molecule has 0 saturated heterocycles. The van der Waals surface area contributed by atoms with Gasteiger partial charge in [0.2, 0.25) is 10.9 Å². The number of rotatable bonds is 15. The summed E-state index contributed by atoms with van der Waals surface area (Å²) in [5, 5.41) is 24.4. The van der Waals surface area contributed by atoms with Crippen molar-refractivity contribution in [3.63, 3.8) is 0 Å². The van der Waals surface area contributed by atoms with E-state index in [2.05, 4.69) is 44.6 Å². The van der Waals surface area contributed by atoms with E-state index in [1.165, 1.54) is 12.1 Å². The Labute approximate surface area is 387 Å². The van der Waals surface area contributed by atoms with Crippen molar-refractivity contribution >= 4 is 117 Å². The van der Waals surface area contributed by atoms with Crippen LogP contribution in [0.3, 0.4) is 0 Å². The Balaban J connectivity index is 1.47. The topological polar surface area (TPSA) is 465 Å². The molecule has 0 aliphatic rings. The fraction of sp³-hybridized carbons (Fsp3) is 0.0606. The Morgan fingerprint density at radius 3 is 1.82 bits per heavy atom. The van der Waals surface area contributed by atoms with Crippen LogP contribution in [0.5, 0.6) is 5.75 Å². The molecule has 6 aromatic rings. The van der Waals surface area contributed by atoms with Crippen LogP contribution in [0, 0.1) is 0 Å².